The van der Waals surface area contributed by atoms with E-state index in [-0.39, 0.29) is 0 Å². The normalized spacial score (nSPS) is 10.5. The summed E-state index contributed by atoms with van der Waals surface area (Å²) >= 11 is 0. The predicted molar refractivity (Wildman–Crippen MR) is 87.4 cm³/mol. The van der Waals surface area contributed by atoms with Crippen molar-refractivity contribution in [3.05, 3.63) is 65.9 Å². The number of nitrogens with zero attached hydrogens (tertiary/aromatic N) is 3. The van der Waals surface area contributed by atoms with Crippen molar-refractivity contribution in [2.24, 2.45) is 0 Å². The molecule has 3 rings (SSSR count). The molecule has 0 fully saturated rings. The molecule has 0 aliphatic rings. The number of hydrogen-bond acceptors (Lipinski definition) is 3. The van der Waals surface area contributed by atoms with Crippen molar-refractivity contribution in [2.45, 2.75) is 13.5 Å². The monoisotopic (exact) mass is 308 g/mol. The van der Waals surface area contributed by atoms with Crippen LogP contribution in [-0.4, -0.2) is 26.2 Å². The maximum Gasteiger partial charge on any atom is 0.409 e. The molecule has 0 aliphatic heterocycles. The fourth-order valence-electron chi connectivity index (χ4n) is 2.37. The van der Waals surface area contributed by atoms with Crippen LogP contribution in [0.4, 0.5) is 10.5 Å². The van der Waals surface area contributed by atoms with Crippen molar-refractivity contribution >= 4 is 11.8 Å². The Bertz CT molecular complexity index is 828. The highest BCUT2D eigenvalue weighted by atomic mass is 16.4. The van der Waals surface area contributed by atoms with E-state index in [1.807, 2.05) is 49.5 Å². The molecule has 0 aliphatic carbocycles. The molecular formula is C17H16N4O2. The van der Waals surface area contributed by atoms with Crippen LogP contribution >= 0.6 is 0 Å². The highest BCUT2D eigenvalue weighted by Gasteiger charge is 2.09. The minimum atomic E-state index is -1.09. The Morgan fingerprint density at radius 1 is 1.22 bits per heavy atom. The number of benzene rings is 2. The lowest BCUT2D eigenvalue weighted by Crippen LogP contribution is -2.07. The molecule has 2 N–H and O–H groups in total. The smallest absolute Gasteiger partial charge is 0.409 e. The summed E-state index contributed by atoms with van der Waals surface area (Å²) in [7, 11) is 0. The number of rotatable bonds is 4. The summed E-state index contributed by atoms with van der Waals surface area (Å²) in [5, 5.41) is 19.5. The third-order valence-corrected chi connectivity index (χ3v) is 3.49. The zero-order valence-electron chi connectivity index (χ0n) is 12.6. The summed E-state index contributed by atoms with van der Waals surface area (Å²) in [6.45, 7) is 2.59. The third kappa shape index (κ3) is 3.55. The van der Waals surface area contributed by atoms with E-state index in [0.717, 1.165) is 16.7 Å². The van der Waals surface area contributed by atoms with Crippen LogP contribution in [0.15, 0.2) is 54.7 Å². The first-order chi connectivity index (χ1) is 11.1. The van der Waals surface area contributed by atoms with Crippen LogP contribution in [0.3, 0.4) is 0 Å². The highest BCUT2D eigenvalue weighted by Crippen LogP contribution is 2.25. The second-order valence-electron chi connectivity index (χ2n) is 5.25. The van der Waals surface area contributed by atoms with E-state index in [1.54, 1.807) is 16.8 Å². The average molecular weight is 308 g/mol. The van der Waals surface area contributed by atoms with Gasteiger partial charge in [-0.15, -0.1) is 5.10 Å². The van der Waals surface area contributed by atoms with Gasteiger partial charge in [-0.25, -0.2) is 9.48 Å². The lowest BCUT2D eigenvalue weighted by atomic mass is 10.1. The molecule has 1 amide bonds. The van der Waals surface area contributed by atoms with Gasteiger partial charge in [0.2, 0.25) is 0 Å². The predicted octanol–water partition coefficient (Wildman–Crippen LogP) is 3.39. The Balaban J connectivity index is 1.86. The van der Waals surface area contributed by atoms with Gasteiger partial charge in [-0.1, -0.05) is 41.6 Å². The Morgan fingerprint density at radius 3 is 2.74 bits per heavy atom. The number of aryl methyl sites for hydroxylation is 1. The van der Waals surface area contributed by atoms with Crippen LogP contribution < -0.4 is 5.32 Å². The number of carboxylic acid groups (broad SMARTS) is 1. The van der Waals surface area contributed by atoms with Crippen LogP contribution in [-0.2, 0) is 6.54 Å². The van der Waals surface area contributed by atoms with Crippen LogP contribution in [0.1, 0.15) is 11.1 Å². The van der Waals surface area contributed by atoms with Crippen LogP contribution in [0.2, 0.25) is 0 Å². The molecule has 0 unspecified atom stereocenters. The van der Waals surface area contributed by atoms with Crippen molar-refractivity contribution in [3.63, 3.8) is 0 Å². The summed E-state index contributed by atoms with van der Waals surface area (Å²) in [6, 6.07) is 15.4. The number of nitrogens with one attached hydrogen (secondary N) is 1. The maximum absolute atomic E-state index is 10.8. The summed E-state index contributed by atoms with van der Waals surface area (Å²) in [6.07, 6.45) is 0.771. The Hall–Kier alpha value is -3.15. The van der Waals surface area contributed by atoms with Crippen LogP contribution in [0.25, 0.3) is 11.3 Å². The van der Waals surface area contributed by atoms with Crippen LogP contribution in [0, 0.1) is 6.92 Å². The molecule has 1 aromatic heterocycles. The van der Waals surface area contributed by atoms with Gasteiger partial charge >= 0.3 is 6.09 Å². The van der Waals surface area contributed by atoms with E-state index >= 15 is 0 Å². The van der Waals surface area contributed by atoms with Crippen molar-refractivity contribution in [2.75, 3.05) is 5.32 Å². The molecule has 1 heterocycles. The topological polar surface area (TPSA) is 80.0 Å². The van der Waals surface area contributed by atoms with E-state index in [2.05, 4.69) is 15.6 Å². The second kappa shape index (κ2) is 6.31. The molecule has 0 atom stereocenters. The zero-order valence-corrected chi connectivity index (χ0v) is 12.6. The van der Waals surface area contributed by atoms with Gasteiger partial charge in [0.1, 0.15) is 5.69 Å². The number of hydrogen-bond donors (Lipinski definition) is 2. The molecule has 6 nitrogen and oxygen atoms in total. The van der Waals surface area contributed by atoms with E-state index in [9.17, 15) is 4.79 Å². The van der Waals surface area contributed by atoms with Gasteiger partial charge in [0.15, 0.2) is 0 Å². The van der Waals surface area contributed by atoms with Crippen molar-refractivity contribution in [3.8, 4) is 11.3 Å². The Labute approximate surface area is 133 Å². The van der Waals surface area contributed by atoms with Crippen molar-refractivity contribution in [1.82, 2.24) is 15.0 Å². The van der Waals surface area contributed by atoms with Crippen LogP contribution in [0.5, 0.6) is 0 Å². The summed E-state index contributed by atoms with van der Waals surface area (Å²) in [5.74, 6) is 0. The summed E-state index contributed by atoms with van der Waals surface area (Å²) in [4.78, 5) is 10.8. The number of anilines is 1. The van der Waals surface area contributed by atoms with Crippen molar-refractivity contribution < 1.29 is 9.90 Å². The van der Waals surface area contributed by atoms with Gasteiger partial charge in [-0.05, 0) is 30.2 Å². The SMILES string of the molecule is Cc1ccc(NC(=O)O)cc1-c1cn(Cc2ccccc2)nn1. The molecule has 0 saturated carbocycles. The first kappa shape index (κ1) is 14.8. The molecule has 2 aromatic carbocycles. The number of carbonyl (C=O) groups is 1. The second-order valence-corrected chi connectivity index (χ2v) is 5.25. The standard InChI is InChI=1S/C17H16N4O2/c1-12-7-8-14(18-17(22)23)9-15(12)16-11-21(20-19-16)10-13-5-3-2-4-6-13/h2-9,11,18H,10H2,1H3,(H,22,23). The molecule has 0 radical (unpaired) electrons. The molecule has 6 heteroatoms. The fourth-order valence-corrected chi connectivity index (χ4v) is 2.37. The third-order valence-electron chi connectivity index (χ3n) is 3.49. The first-order valence-corrected chi connectivity index (χ1v) is 7.17. The van der Waals surface area contributed by atoms with Gasteiger partial charge < -0.3 is 5.11 Å². The van der Waals surface area contributed by atoms with Gasteiger partial charge in [-0.2, -0.15) is 0 Å². The molecule has 0 bridgehead atoms. The minimum absolute atomic E-state index is 0.510. The van der Waals surface area contributed by atoms with Gasteiger partial charge in [0, 0.05) is 11.3 Å². The van der Waals surface area contributed by atoms with Gasteiger partial charge in [-0.3, -0.25) is 5.32 Å². The van der Waals surface area contributed by atoms with E-state index in [1.165, 1.54) is 0 Å². The first-order valence-electron chi connectivity index (χ1n) is 7.17. The Morgan fingerprint density at radius 2 is 2.00 bits per heavy atom. The molecule has 23 heavy (non-hydrogen) atoms. The number of amides is 1. The van der Waals surface area contributed by atoms with Gasteiger partial charge in [0.05, 0.1) is 12.7 Å². The largest absolute Gasteiger partial charge is 0.465 e. The molecule has 0 saturated heterocycles. The lowest BCUT2D eigenvalue weighted by molar-refractivity contribution is 0.210. The fraction of sp³-hybridized carbons (Fsp3) is 0.118. The van der Waals surface area contributed by atoms with E-state index in [0.29, 0.717) is 17.9 Å². The van der Waals surface area contributed by atoms with E-state index < -0.39 is 6.09 Å². The minimum Gasteiger partial charge on any atom is -0.465 e. The number of aromatic nitrogens is 3. The Kier molecular flexibility index (Phi) is 4.05. The highest BCUT2D eigenvalue weighted by molar-refractivity contribution is 5.84. The molecule has 3 aromatic rings. The molecule has 0 spiro atoms. The summed E-state index contributed by atoms with van der Waals surface area (Å²) < 4.78 is 1.77. The quantitative estimate of drug-likeness (QED) is 0.774. The van der Waals surface area contributed by atoms with Gasteiger partial charge in [0.25, 0.3) is 0 Å². The average Bonchev–Trinajstić information content (AvgIpc) is 2.98. The molecule has 116 valence electrons. The van der Waals surface area contributed by atoms with E-state index in [4.69, 9.17) is 5.11 Å². The summed E-state index contributed by atoms with van der Waals surface area (Å²) in [5.41, 5.74) is 4.23. The van der Waals surface area contributed by atoms with Crippen molar-refractivity contribution in [1.29, 1.82) is 0 Å². The lowest BCUT2D eigenvalue weighted by Gasteiger charge is -2.06. The molecular weight excluding hydrogens is 292 g/mol. The maximum atomic E-state index is 10.8. The zero-order chi connectivity index (χ0) is 16.2.